The van der Waals surface area contributed by atoms with Gasteiger partial charge in [0.2, 0.25) is 11.5 Å². The molecule has 0 saturated heterocycles. The molecule has 0 fully saturated rings. The Bertz CT molecular complexity index is 458. The van der Waals surface area contributed by atoms with Crippen LogP contribution >= 0.6 is 0 Å². The zero-order chi connectivity index (χ0) is 15.4. The lowest BCUT2D eigenvalue weighted by Crippen LogP contribution is -2.45. The third kappa shape index (κ3) is 3.73. The lowest BCUT2D eigenvalue weighted by atomic mass is 9.95. The zero-order valence-corrected chi connectivity index (χ0v) is 11.1. The maximum Gasteiger partial charge on any atom is 0.424 e. The molecule has 0 spiro atoms. The maximum absolute atomic E-state index is 13.0. The largest absolute Gasteiger partial charge is 0.463 e. The quantitative estimate of drug-likeness (QED) is 0.834. The average Bonchev–Trinajstić information content (AvgIpc) is 2.75. The van der Waals surface area contributed by atoms with E-state index >= 15 is 0 Å². The fourth-order valence-electron chi connectivity index (χ4n) is 1.63. The summed E-state index contributed by atoms with van der Waals surface area (Å²) < 4.78 is 48.5. The number of rotatable bonds is 6. The summed E-state index contributed by atoms with van der Waals surface area (Å²) in [5.74, 6) is -0.901. The van der Waals surface area contributed by atoms with Gasteiger partial charge in [0.15, 0.2) is 0 Å². The Morgan fingerprint density at radius 2 is 2.10 bits per heavy atom. The molecule has 0 radical (unpaired) electrons. The molecule has 1 amide bonds. The molecule has 0 aliphatic rings. The van der Waals surface area contributed by atoms with E-state index in [0.717, 1.165) is 6.07 Å². The van der Waals surface area contributed by atoms with Crippen molar-refractivity contribution >= 4 is 5.91 Å². The van der Waals surface area contributed by atoms with Gasteiger partial charge in [0.05, 0.1) is 0 Å². The van der Waals surface area contributed by atoms with Gasteiger partial charge in [-0.25, -0.2) is 0 Å². The number of alkyl halides is 3. The number of ether oxygens (including phenoxy) is 1. The van der Waals surface area contributed by atoms with E-state index in [-0.39, 0.29) is 18.9 Å². The van der Waals surface area contributed by atoms with Crippen molar-refractivity contribution in [1.29, 1.82) is 0 Å². The van der Waals surface area contributed by atoms with Gasteiger partial charge in [-0.2, -0.15) is 13.2 Å². The van der Waals surface area contributed by atoms with Crippen molar-refractivity contribution in [1.82, 2.24) is 5.32 Å². The van der Waals surface area contributed by atoms with E-state index in [0.29, 0.717) is 0 Å². The average molecular weight is 295 g/mol. The molecule has 0 aromatic carbocycles. The second-order valence-electron chi connectivity index (χ2n) is 4.30. The van der Waals surface area contributed by atoms with Crippen LogP contribution in [-0.4, -0.2) is 37.5 Å². The van der Waals surface area contributed by atoms with Crippen LogP contribution in [-0.2, 0) is 15.1 Å². The highest BCUT2D eigenvalue weighted by Gasteiger charge is 2.56. The fraction of sp³-hybridized carbons (Fsp3) is 0.583. The van der Waals surface area contributed by atoms with Crippen LogP contribution in [0.15, 0.2) is 16.5 Å². The molecule has 5 nitrogen and oxygen atoms in total. The van der Waals surface area contributed by atoms with Gasteiger partial charge < -0.3 is 19.6 Å². The Kier molecular flexibility index (Phi) is 5.18. The molecule has 114 valence electrons. The van der Waals surface area contributed by atoms with Crippen LogP contribution in [0, 0.1) is 6.92 Å². The number of amides is 1. The van der Waals surface area contributed by atoms with E-state index in [4.69, 9.17) is 4.42 Å². The molecule has 1 aromatic heterocycles. The molecule has 20 heavy (non-hydrogen) atoms. The second kappa shape index (κ2) is 6.27. The van der Waals surface area contributed by atoms with Gasteiger partial charge in [-0.15, -0.1) is 0 Å². The summed E-state index contributed by atoms with van der Waals surface area (Å²) in [4.78, 5) is 11.1. The third-order valence-electron chi connectivity index (χ3n) is 2.70. The predicted octanol–water partition coefficient (Wildman–Crippen LogP) is 1.49. The predicted molar refractivity (Wildman–Crippen MR) is 62.9 cm³/mol. The van der Waals surface area contributed by atoms with Crippen LogP contribution in [0.5, 0.6) is 0 Å². The summed E-state index contributed by atoms with van der Waals surface area (Å²) in [6.07, 6.45) is -5.66. The number of aliphatic hydroxyl groups is 1. The molecule has 0 bridgehead atoms. The first-order valence-corrected chi connectivity index (χ1v) is 5.82. The lowest BCUT2D eigenvalue weighted by Gasteiger charge is -2.28. The summed E-state index contributed by atoms with van der Waals surface area (Å²) in [5.41, 5.74) is -3.14. The van der Waals surface area contributed by atoms with E-state index in [2.05, 4.69) is 10.1 Å². The molecule has 2 N–H and O–H groups in total. The molecule has 0 saturated carbocycles. The molecule has 0 aliphatic carbocycles. The van der Waals surface area contributed by atoms with E-state index < -0.39 is 29.9 Å². The molecule has 0 aliphatic heterocycles. The second-order valence-corrected chi connectivity index (χ2v) is 4.30. The number of aryl methyl sites for hydroxylation is 1. The SMILES string of the molecule is COCC(=O)NCCC(O)(c1ccc(C)o1)C(F)(F)F. The standard InChI is InChI=1S/C12H16F3NO4/c1-8-3-4-9(20-8)11(18,12(13,14)15)5-6-16-10(17)7-19-2/h3-4,18H,5-7H2,1-2H3,(H,16,17). The number of halogens is 3. The molecule has 1 aromatic rings. The maximum atomic E-state index is 13.0. The highest BCUT2D eigenvalue weighted by atomic mass is 19.4. The van der Waals surface area contributed by atoms with Gasteiger partial charge in [-0.1, -0.05) is 0 Å². The van der Waals surface area contributed by atoms with Crippen LogP contribution in [0.3, 0.4) is 0 Å². The number of carbonyl (C=O) groups is 1. The Hall–Kier alpha value is -1.54. The summed E-state index contributed by atoms with van der Waals surface area (Å²) >= 11 is 0. The minimum absolute atomic E-state index is 0.256. The van der Waals surface area contributed by atoms with Gasteiger partial charge in [0, 0.05) is 20.1 Å². The Labute approximate surface area is 113 Å². The molecular formula is C12H16F3NO4. The van der Waals surface area contributed by atoms with Crippen molar-refractivity contribution < 1.29 is 32.2 Å². The molecular weight excluding hydrogens is 279 g/mol. The number of carbonyl (C=O) groups excluding carboxylic acids is 1. The van der Waals surface area contributed by atoms with Crippen molar-refractivity contribution in [3.05, 3.63) is 23.7 Å². The van der Waals surface area contributed by atoms with Gasteiger partial charge >= 0.3 is 6.18 Å². The first-order valence-electron chi connectivity index (χ1n) is 5.82. The molecule has 8 heteroatoms. The van der Waals surface area contributed by atoms with Crippen molar-refractivity contribution in [3.8, 4) is 0 Å². The van der Waals surface area contributed by atoms with Crippen LogP contribution in [0.1, 0.15) is 17.9 Å². The number of furan rings is 1. The van der Waals surface area contributed by atoms with Crippen molar-refractivity contribution in [3.63, 3.8) is 0 Å². The normalized spacial score (nSPS) is 14.9. The van der Waals surface area contributed by atoms with Crippen LogP contribution in [0.4, 0.5) is 13.2 Å². The number of nitrogens with one attached hydrogen (secondary N) is 1. The van der Waals surface area contributed by atoms with Crippen molar-refractivity contribution in [2.75, 3.05) is 20.3 Å². The Balaban J connectivity index is 2.78. The van der Waals surface area contributed by atoms with E-state index in [1.807, 2.05) is 0 Å². The highest BCUT2D eigenvalue weighted by molar-refractivity contribution is 5.77. The topological polar surface area (TPSA) is 71.7 Å². The van der Waals surface area contributed by atoms with E-state index in [1.54, 1.807) is 0 Å². The minimum Gasteiger partial charge on any atom is -0.463 e. The van der Waals surface area contributed by atoms with Crippen molar-refractivity contribution in [2.45, 2.75) is 25.1 Å². The molecule has 1 rings (SSSR count). The van der Waals surface area contributed by atoms with Gasteiger partial charge in [-0.3, -0.25) is 4.79 Å². The van der Waals surface area contributed by atoms with E-state index in [9.17, 15) is 23.1 Å². The highest BCUT2D eigenvalue weighted by Crippen LogP contribution is 2.41. The lowest BCUT2D eigenvalue weighted by molar-refractivity contribution is -0.274. The van der Waals surface area contributed by atoms with Crippen molar-refractivity contribution in [2.24, 2.45) is 0 Å². The summed E-state index contributed by atoms with van der Waals surface area (Å²) in [7, 11) is 1.29. The zero-order valence-electron chi connectivity index (χ0n) is 11.1. The first kappa shape index (κ1) is 16.5. The fourth-order valence-corrected chi connectivity index (χ4v) is 1.63. The van der Waals surface area contributed by atoms with Gasteiger partial charge in [0.1, 0.15) is 18.1 Å². The van der Waals surface area contributed by atoms with Gasteiger partial charge in [0.25, 0.3) is 0 Å². The van der Waals surface area contributed by atoms with Gasteiger partial charge in [-0.05, 0) is 19.1 Å². The van der Waals surface area contributed by atoms with Crippen LogP contribution in [0.2, 0.25) is 0 Å². The third-order valence-corrected chi connectivity index (χ3v) is 2.70. The molecule has 1 heterocycles. The first-order chi connectivity index (χ1) is 9.20. The van der Waals surface area contributed by atoms with Crippen LogP contribution in [0.25, 0.3) is 0 Å². The molecule has 1 atom stereocenters. The smallest absolute Gasteiger partial charge is 0.424 e. The monoisotopic (exact) mass is 295 g/mol. The van der Waals surface area contributed by atoms with Crippen LogP contribution < -0.4 is 5.32 Å². The minimum atomic E-state index is -4.91. The Morgan fingerprint density at radius 1 is 1.45 bits per heavy atom. The summed E-state index contributed by atoms with van der Waals surface area (Å²) in [5, 5.41) is 12.1. The Morgan fingerprint density at radius 3 is 2.55 bits per heavy atom. The summed E-state index contributed by atoms with van der Waals surface area (Å²) in [6.45, 7) is 0.850. The number of methoxy groups -OCH3 is 1. The summed E-state index contributed by atoms with van der Waals surface area (Å²) in [6, 6.07) is 2.40. The van der Waals surface area contributed by atoms with E-state index in [1.165, 1.54) is 20.1 Å². The molecule has 1 unspecified atom stereocenters. The number of hydrogen-bond acceptors (Lipinski definition) is 4. The number of hydrogen-bond donors (Lipinski definition) is 2.